The fourth-order valence-corrected chi connectivity index (χ4v) is 18.7. The predicted octanol–water partition coefficient (Wildman–Crippen LogP) is -1.20. The Hall–Kier alpha value is -13.1. The second-order valence-corrected chi connectivity index (χ2v) is 37.5. The van der Waals surface area contributed by atoms with Crippen molar-refractivity contribution in [3.05, 3.63) is 119 Å². The Kier molecular flexibility index (Phi) is 39.1. The van der Waals surface area contributed by atoms with Gasteiger partial charge in [0.25, 0.3) is 0 Å². The van der Waals surface area contributed by atoms with Crippen LogP contribution in [0.25, 0.3) is 21.0 Å². The van der Waals surface area contributed by atoms with Crippen LogP contribution >= 0.6 is 23.1 Å². The van der Waals surface area contributed by atoms with Crippen molar-refractivity contribution in [2.24, 2.45) is 34.5 Å². The molecule has 16 atom stereocenters. The molecule has 44 heteroatoms. The average Bonchev–Trinajstić information content (AvgIpc) is 1.58. The summed E-state index contributed by atoms with van der Waals surface area (Å²) in [5.74, 6) is -18.3. The van der Waals surface area contributed by atoms with Gasteiger partial charge in [-0.05, 0) is 109 Å². The highest BCUT2D eigenvalue weighted by molar-refractivity contribution is 8.00. The number of nitrogens with one attached hydrogen (secondary N) is 14. The van der Waals surface area contributed by atoms with Crippen LogP contribution in [-0.2, 0) is 107 Å². The number of nitrogens with zero attached hydrogens (tertiary/aromatic N) is 5. The highest BCUT2D eigenvalue weighted by Gasteiger charge is 2.59. The molecule has 3 unspecified atom stereocenters. The number of para-hydroxylation sites is 1. The van der Waals surface area contributed by atoms with E-state index in [0.717, 1.165) is 41.4 Å². The lowest BCUT2D eigenvalue weighted by atomic mass is 9.89. The number of nitrogens with two attached hydrogens (primary N) is 3. The highest BCUT2D eigenvalue weighted by atomic mass is 32.2. The fraction of sp³-hybridized carbons (Fsp3) is 0.533. The number of aliphatic hydroxyl groups is 2. The number of fused-ring (bicyclic) bond motifs is 3. The minimum atomic E-state index is -1.88. The number of aromatic amines is 2. The van der Waals surface area contributed by atoms with Crippen molar-refractivity contribution >= 4 is 150 Å². The number of imidazole rings is 1. The average molecular weight is 1930 g/mol. The topological polar surface area (TPSA) is 643 Å². The van der Waals surface area contributed by atoms with Crippen molar-refractivity contribution in [3.8, 4) is 5.75 Å². The number of guanidine groups is 1. The molecule has 23 N–H and O–H groups in total. The molecule has 3 aromatic heterocycles. The number of phenols is 1. The summed E-state index contributed by atoms with van der Waals surface area (Å²) in [5.41, 5.74) is 17.7. The number of Topliss-reactive ketones (excluding diaryl/α,β-unsaturated/α-hetero) is 1. The number of amides is 16. The van der Waals surface area contributed by atoms with Crippen LogP contribution in [0.2, 0.25) is 0 Å². The number of aliphatic hydroxyl groups excluding tert-OH is 2. The standard InChI is InChI=1S/C92H128N22O20S2/c1-10-12-23-70-84(128)103-61(22-18-30-98-91(95)96)80(124)109-69(79(123)100-42-76(94)120)46-135-47-77(121)102-65(32-52-26-28-56(116)29-27-52)86(130)111(7)51(6)78(122)106-67(37-75(93)119)88(132)114-43-57(117)36-72(114)85(129)105-64(35-55-41-97-48-101-55)82(126)104-62(31-49(3)4)73(118)39-92(38-50(92)5)90(134)110-63(33-53-40-99-60-21-16-14-19-58(53)60)81(125)108-68(44-115)83(127)107-66(34-54-45-136-74-25-17-15-20-59(54)74)87(131)113(9)71(24-13-11-2)89(133)112(70)8/h14-17,19-21,25-29,40-41,45,48-51,57,61-72,99,115-117H,10-13,18,22-24,30-39,42-44,46-47H2,1-9H3,(H2,93,119)(H2,94,120)(H,97,101)(H,100,123)(H,102,121)(H,103,128)(H,104,126)(H,105,129)(H,106,122)(H,107,127)(H,108,125)(H,109,124)(H,110,134)(H4,95,96,98)/t50-,51-,57+,61-,62-,63?,64-,65-,66-,67-,68-,69?,70-,71-,72-,92?/m0/s1. The van der Waals surface area contributed by atoms with Gasteiger partial charge in [0.1, 0.15) is 78.3 Å². The number of carbonyl (C=O) groups excluding carboxylic acids is 17. The first kappa shape index (κ1) is 107. The second kappa shape index (κ2) is 49.9. The molecule has 9 rings (SSSR count). The van der Waals surface area contributed by atoms with E-state index in [-0.39, 0.29) is 82.4 Å². The highest BCUT2D eigenvalue weighted by Crippen LogP contribution is 2.56. The molecule has 3 fully saturated rings. The van der Waals surface area contributed by atoms with Gasteiger partial charge in [0.15, 0.2) is 11.7 Å². The van der Waals surface area contributed by atoms with Crippen molar-refractivity contribution in [1.29, 1.82) is 5.41 Å². The number of unbranched alkanes of at least 4 members (excludes halogenated alkanes) is 2. The molecule has 1 saturated carbocycles. The Morgan fingerprint density at radius 2 is 1.19 bits per heavy atom. The quantitative estimate of drug-likeness (QED) is 0.0172. The summed E-state index contributed by atoms with van der Waals surface area (Å²) in [6, 6.07) is -0.498. The van der Waals surface area contributed by atoms with Crippen molar-refractivity contribution < 1.29 is 96.8 Å². The lowest BCUT2D eigenvalue weighted by Crippen LogP contribution is -2.61. The molecular formula is C92H128N22O20S2. The minimum absolute atomic E-state index is 0.00505. The summed E-state index contributed by atoms with van der Waals surface area (Å²) >= 11 is 2.11. The van der Waals surface area contributed by atoms with Crippen molar-refractivity contribution in [2.75, 3.05) is 58.9 Å². The Morgan fingerprint density at radius 1 is 0.603 bits per heavy atom. The van der Waals surface area contributed by atoms with E-state index in [4.69, 9.17) is 22.6 Å². The SMILES string of the molecule is CCCC[C@H]1C(=O)N(C)[C@@H](CCCC)C(=O)N[C@@H](CCCNC(=N)N)C(=O)NC(C(=O)NCC(N)=O)CSCC(=O)N[C@@H](Cc2ccc(O)cc2)C(=O)N(C)[C@@H](C)C(=O)N[C@@H](CC(N)=O)C(=O)N2C[C@H](O)C[C@H]2C(=O)N[C@@H](Cc2cnc[nH]2)C(=O)N[C@@H](CC(C)C)C(=O)CC2(C[C@@H]2C)C(=O)NC(Cc2c[nH]c3ccccc23)C(=O)N[C@@H](CO)C(=O)N[C@@H](Cc2csc3ccccc23)C(=O)N1C. The number of aromatic hydroxyl groups is 1. The molecule has 6 aromatic rings. The molecule has 738 valence electrons. The third-order valence-electron chi connectivity index (χ3n) is 24.8. The summed E-state index contributed by atoms with van der Waals surface area (Å²) < 4.78 is 0.821. The maximum atomic E-state index is 15.8. The summed E-state index contributed by atoms with van der Waals surface area (Å²) in [6.07, 6.45) is 1.56. The molecule has 42 nitrogen and oxygen atoms in total. The first-order valence-corrected chi connectivity index (χ1v) is 47.6. The molecule has 0 bridgehead atoms. The number of aromatic nitrogens is 3. The van der Waals surface area contributed by atoms with E-state index in [2.05, 4.69) is 73.4 Å². The van der Waals surface area contributed by atoms with E-state index in [9.17, 15) is 58.5 Å². The van der Waals surface area contributed by atoms with Gasteiger partial charge >= 0.3 is 0 Å². The molecule has 1 aliphatic carbocycles. The second-order valence-electron chi connectivity index (χ2n) is 35.6. The molecule has 16 amide bonds. The number of likely N-dealkylation sites (N-methyl/N-ethyl adjacent to an activating group) is 3. The van der Waals surface area contributed by atoms with Gasteiger partial charge in [-0.25, -0.2) is 4.98 Å². The zero-order valence-corrected chi connectivity index (χ0v) is 79.4. The van der Waals surface area contributed by atoms with Crippen LogP contribution in [0.15, 0.2) is 96.9 Å². The van der Waals surface area contributed by atoms with Gasteiger partial charge in [-0.15, -0.1) is 23.1 Å². The summed E-state index contributed by atoms with van der Waals surface area (Å²) in [4.78, 5) is 265. The van der Waals surface area contributed by atoms with Crippen LogP contribution in [-0.4, -0.2) is 300 Å². The predicted molar refractivity (Wildman–Crippen MR) is 504 cm³/mol. The van der Waals surface area contributed by atoms with Crippen LogP contribution in [0.1, 0.15) is 147 Å². The third-order valence-corrected chi connectivity index (χ3v) is 26.9. The number of thiophene rings is 1. The lowest BCUT2D eigenvalue weighted by molar-refractivity contribution is -0.149. The first-order valence-electron chi connectivity index (χ1n) is 45.6. The number of H-pyrrole nitrogens is 2. The number of carbonyl (C=O) groups is 17. The van der Waals surface area contributed by atoms with E-state index < -0.39 is 253 Å². The Morgan fingerprint density at radius 3 is 1.83 bits per heavy atom. The molecule has 5 heterocycles. The van der Waals surface area contributed by atoms with Crippen molar-refractivity contribution in [3.63, 3.8) is 0 Å². The number of phenolic OH excluding ortho intramolecular Hbond substituents is 1. The largest absolute Gasteiger partial charge is 0.508 e. The van der Waals surface area contributed by atoms with Crippen LogP contribution < -0.4 is 75.7 Å². The number of hydrogen-bond donors (Lipinski definition) is 20. The number of rotatable bonds is 26. The van der Waals surface area contributed by atoms with Gasteiger partial charge in [-0.1, -0.05) is 109 Å². The minimum Gasteiger partial charge on any atom is -0.508 e. The summed E-state index contributed by atoms with van der Waals surface area (Å²) in [6.45, 7) is 7.85. The summed E-state index contributed by atoms with van der Waals surface area (Å²) in [5, 5.41) is 73.0. The molecule has 2 saturated heterocycles. The van der Waals surface area contributed by atoms with Crippen molar-refractivity contribution in [1.82, 2.24) is 93.0 Å². The smallest absolute Gasteiger partial charge is 0.246 e. The van der Waals surface area contributed by atoms with Crippen molar-refractivity contribution in [2.45, 2.75) is 235 Å². The number of thioether (sulfide) groups is 1. The number of ketones is 1. The van der Waals surface area contributed by atoms with E-state index in [1.165, 1.54) is 76.2 Å². The molecular weight excluding hydrogens is 1800 g/mol. The van der Waals surface area contributed by atoms with Gasteiger partial charge in [-0.3, -0.25) is 86.9 Å². The van der Waals surface area contributed by atoms with E-state index in [0.29, 0.717) is 59.0 Å². The number of hydrogen-bond acceptors (Lipinski definition) is 24. The van der Waals surface area contributed by atoms with E-state index in [1.54, 1.807) is 62.7 Å². The van der Waals surface area contributed by atoms with Gasteiger partial charge < -0.3 is 121 Å². The molecule has 3 aromatic carbocycles. The number of benzene rings is 3. The molecule has 136 heavy (non-hydrogen) atoms. The van der Waals surface area contributed by atoms with E-state index in [1.807, 2.05) is 32.0 Å². The van der Waals surface area contributed by atoms with Gasteiger partial charge in [0.2, 0.25) is 94.5 Å². The van der Waals surface area contributed by atoms with Gasteiger partial charge in [0.05, 0.1) is 49.2 Å². The first-order chi connectivity index (χ1) is 64.6. The Bertz CT molecular complexity index is 5290. The van der Waals surface area contributed by atoms with Crippen LogP contribution in [0.3, 0.4) is 0 Å². The maximum Gasteiger partial charge on any atom is 0.246 e. The third kappa shape index (κ3) is 29.2. The number of primary amides is 2. The monoisotopic (exact) mass is 1920 g/mol. The lowest BCUT2D eigenvalue weighted by Gasteiger charge is -2.36. The zero-order valence-electron chi connectivity index (χ0n) is 77.8. The summed E-state index contributed by atoms with van der Waals surface area (Å²) in [7, 11) is 3.91. The molecule has 2 aliphatic heterocycles. The molecule has 1 spiro atoms. The van der Waals surface area contributed by atoms with Crippen LogP contribution in [0.5, 0.6) is 5.75 Å². The Balaban J connectivity index is 1.10. The van der Waals surface area contributed by atoms with Crippen LogP contribution in [0, 0.1) is 22.7 Å². The molecule has 3 aliphatic rings. The van der Waals surface area contributed by atoms with Crippen LogP contribution in [0.4, 0.5) is 0 Å². The molecule has 0 radical (unpaired) electrons. The maximum absolute atomic E-state index is 15.8. The van der Waals surface area contributed by atoms with Gasteiger partial charge in [-0.2, -0.15) is 0 Å². The zero-order chi connectivity index (χ0) is 99.5. The fourth-order valence-electron chi connectivity index (χ4n) is 16.8. The Labute approximate surface area is 795 Å². The normalized spacial score (nSPS) is 25.7. The van der Waals surface area contributed by atoms with Gasteiger partial charge in [0, 0.05) is 112 Å². The van der Waals surface area contributed by atoms with E-state index >= 15 is 38.4 Å².